The summed E-state index contributed by atoms with van der Waals surface area (Å²) in [5, 5.41) is 4.01. The zero-order valence-corrected chi connectivity index (χ0v) is 10.8. The molecule has 0 aliphatic carbocycles. The van der Waals surface area contributed by atoms with Gasteiger partial charge < -0.3 is 0 Å². The molecule has 3 rings (SSSR count). The molecule has 0 unspecified atom stereocenters. The van der Waals surface area contributed by atoms with Crippen LogP contribution in [0.3, 0.4) is 0 Å². The highest BCUT2D eigenvalue weighted by Crippen LogP contribution is 2.23. The van der Waals surface area contributed by atoms with E-state index in [9.17, 15) is 13.2 Å². The molecule has 2 aromatic heterocycles. The first kappa shape index (κ1) is 13.4. The highest BCUT2D eigenvalue weighted by atomic mass is 19.1. The molecule has 3 nitrogen and oxygen atoms in total. The van der Waals surface area contributed by atoms with Gasteiger partial charge in [0.1, 0.15) is 23.1 Å². The number of rotatable bonds is 3. The van der Waals surface area contributed by atoms with Gasteiger partial charge in [0.25, 0.3) is 0 Å². The predicted octanol–water partition coefficient (Wildman–Crippen LogP) is 3.41. The van der Waals surface area contributed by atoms with Gasteiger partial charge in [-0.25, -0.2) is 13.2 Å². The maximum Gasteiger partial charge on any atom is 0.149 e. The average molecular weight is 289 g/mol. The molecule has 0 radical (unpaired) electrons. The van der Waals surface area contributed by atoms with E-state index in [-0.39, 0.29) is 11.3 Å². The topological polar surface area (TPSA) is 30.7 Å². The first-order valence-corrected chi connectivity index (χ1v) is 6.20. The summed E-state index contributed by atoms with van der Waals surface area (Å²) in [6, 6.07) is 5.86. The lowest BCUT2D eigenvalue weighted by Crippen LogP contribution is -2.02. The maximum absolute atomic E-state index is 14.1. The quantitative estimate of drug-likeness (QED) is 0.739. The highest BCUT2D eigenvalue weighted by Gasteiger charge is 2.11. The normalized spacial score (nSPS) is 10.8. The second kappa shape index (κ2) is 5.40. The Hall–Kier alpha value is -2.63. The van der Waals surface area contributed by atoms with E-state index in [1.807, 2.05) is 0 Å². The van der Waals surface area contributed by atoms with Gasteiger partial charge in [0, 0.05) is 30.2 Å². The fourth-order valence-corrected chi connectivity index (χ4v) is 2.05. The summed E-state index contributed by atoms with van der Waals surface area (Å²) in [7, 11) is 0. The van der Waals surface area contributed by atoms with E-state index in [4.69, 9.17) is 0 Å². The lowest BCUT2D eigenvalue weighted by molar-refractivity contribution is 0.582. The van der Waals surface area contributed by atoms with Crippen LogP contribution < -0.4 is 0 Å². The SMILES string of the molecule is Fc1cc(F)cc(-c2ncc(Cn3cccn3)cc2F)c1. The minimum Gasteiger partial charge on any atom is -0.268 e. The van der Waals surface area contributed by atoms with E-state index in [1.165, 1.54) is 12.3 Å². The van der Waals surface area contributed by atoms with E-state index in [1.54, 1.807) is 23.1 Å². The lowest BCUT2D eigenvalue weighted by Gasteiger charge is -2.06. The molecule has 0 fully saturated rings. The third-order valence-corrected chi connectivity index (χ3v) is 2.94. The van der Waals surface area contributed by atoms with Gasteiger partial charge in [-0.1, -0.05) is 0 Å². The number of halogens is 3. The fraction of sp³-hybridized carbons (Fsp3) is 0.0667. The third kappa shape index (κ3) is 2.94. The van der Waals surface area contributed by atoms with Gasteiger partial charge in [0.15, 0.2) is 0 Å². The Morgan fingerprint density at radius 1 is 1.00 bits per heavy atom. The molecule has 0 aliphatic heterocycles. The van der Waals surface area contributed by atoms with Crippen molar-refractivity contribution in [1.82, 2.24) is 14.8 Å². The molecule has 3 aromatic rings. The Morgan fingerprint density at radius 3 is 2.38 bits per heavy atom. The van der Waals surface area contributed by atoms with Gasteiger partial charge in [-0.3, -0.25) is 9.67 Å². The Balaban J connectivity index is 1.94. The zero-order valence-electron chi connectivity index (χ0n) is 10.8. The van der Waals surface area contributed by atoms with Gasteiger partial charge in [-0.15, -0.1) is 0 Å². The van der Waals surface area contributed by atoms with Crippen molar-refractivity contribution < 1.29 is 13.2 Å². The molecular formula is C15H10F3N3. The summed E-state index contributed by atoms with van der Waals surface area (Å²) in [5.74, 6) is -2.18. The molecule has 1 aromatic carbocycles. The minimum atomic E-state index is -0.771. The number of hydrogen-bond donors (Lipinski definition) is 0. The van der Waals surface area contributed by atoms with Crippen molar-refractivity contribution in [3.8, 4) is 11.3 Å². The first-order chi connectivity index (χ1) is 10.1. The summed E-state index contributed by atoms with van der Waals surface area (Å²) >= 11 is 0. The van der Waals surface area contributed by atoms with E-state index < -0.39 is 17.5 Å². The van der Waals surface area contributed by atoms with E-state index in [2.05, 4.69) is 10.1 Å². The van der Waals surface area contributed by atoms with Crippen LogP contribution in [0.1, 0.15) is 5.56 Å². The van der Waals surface area contributed by atoms with Gasteiger partial charge in [0.05, 0.1) is 6.54 Å². The molecule has 106 valence electrons. The summed E-state index contributed by atoms with van der Waals surface area (Å²) in [4.78, 5) is 3.96. The zero-order chi connectivity index (χ0) is 14.8. The second-order valence-electron chi connectivity index (χ2n) is 4.54. The van der Waals surface area contributed by atoms with E-state index >= 15 is 0 Å². The van der Waals surface area contributed by atoms with E-state index in [0.717, 1.165) is 18.2 Å². The smallest absolute Gasteiger partial charge is 0.149 e. The van der Waals surface area contributed by atoms with Crippen molar-refractivity contribution in [2.45, 2.75) is 6.54 Å². The highest BCUT2D eigenvalue weighted by molar-refractivity contribution is 5.60. The Bertz CT molecular complexity index is 750. The summed E-state index contributed by atoms with van der Waals surface area (Å²) in [6.07, 6.45) is 4.82. The molecule has 0 atom stereocenters. The molecule has 2 heterocycles. The maximum atomic E-state index is 14.1. The van der Waals surface area contributed by atoms with Crippen LogP contribution in [-0.2, 0) is 6.54 Å². The van der Waals surface area contributed by atoms with Crippen LogP contribution in [0.25, 0.3) is 11.3 Å². The van der Waals surface area contributed by atoms with Gasteiger partial charge in [0.2, 0.25) is 0 Å². The van der Waals surface area contributed by atoms with Crippen molar-refractivity contribution in [1.29, 1.82) is 0 Å². The number of pyridine rings is 1. The molecule has 6 heteroatoms. The van der Waals surface area contributed by atoms with E-state index in [0.29, 0.717) is 12.1 Å². The standard InChI is InChI=1S/C15H10F3N3/c16-12-5-11(6-13(17)7-12)15-14(18)4-10(8-19-15)9-21-3-1-2-20-21/h1-8H,9H2. The Labute approximate surface area is 118 Å². The molecule has 0 saturated carbocycles. The van der Waals surface area contributed by atoms with Gasteiger partial charge in [-0.05, 0) is 29.8 Å². The van der Waals surface area contributed by atoms with Crippen LogP contribution in [0.4, 0.5) is 13.2 Å². The van der Waals surface area contributed by atoms with Crippen LogP contribution >= 0.6 is 0 Å². The van der Waals surface area contributed by atoms with Crippen molar-refractivity contribution in [2.24, 2.45) is 0 Å². The average Bonchev–Trinajstić information content (AvgIpc) is 2.90. The lowest BCUT2D eigenvalue weighted by atomic mass is 10.1. The second-order valence-corrected chi connectivity index (χ2v) is 4.54. The third-order valence-electron chi connectivity index (χ3n) is 2.94. The summed E-state index contributed by atoms with van der Waals surface area (Å²) < 4.78 is 42.1. The number of hydrogen-bond acceptors (Lipinski definition) is 2. The molecule has 0 amide bonds. The molecule has 0 N–H and O–H groups in total. The van der Waals surface area contributed by atoms with Crippen molar-refractivity contribution in [3.05, 3.63) is 71.9 Å². The summed E-state index contributed by atoms with van der Waals surface area (Å²) in [6.45, 7) is 0.370. The summed E-state index contributed by atoms with van der Waals surface area (Å²) in [5.41, 5.74) is 0.588. The van der Waals surface area contributed by atoms with Crippen LogP contribution in [0, 0.1) is 17.5 Å². The van der Waals surface area contributed by atoms with Crippen molar-refractivity contribution in [2.75, 3.05) is 0 Å². The fourth-order valence-electron chi connectivity index (χ4n) is 2.05. The monoisotopic (exact) mass is 289 g/mol. The van der Waals surface area contributed by atoms with Crippen LogP contribution in [0.15, 0.2) is 48.9 Å². The molecule has 0 saturated heterocycles. The van der Waals surface area contributed by atoms with Crippen LogP contribution in [0.5, 0.6) is 0 Å². The van der Waals surface area contributed by atoms with Gasteiger partial charge in [-0.2, -0.15) is 5.10 Å². The first-order valence-electron chi connectivity index (χ1n) is 6.20. The molecule has 0 spiro atoms. The van der Waals surface area contributed by atoms with Gasteiger partial charge >= 0.3 is 0 Å². The molecule has 21 heavy (non-hydrogen) atoms. The number of benzene rings is 1. The van der Waals surface area contributed by atoms with Crippen molar-refractivity contribution in [3.63, 3.8) is 0 Å². The molecular weight excluding hydrogens is 279 g/mol. The molecule has 0 bridgehead atoms. The minimum absolute atomic E-state index is 0.0654. The van der Waals surface area contributed by atoms with Crippen LogP contribution in [0.2, 0.25) is 0 Å². The van der Waals surface area contributed by atoms with Crippen LogP contribution in [-0.4, -0.2) is 14.8 Å². The van der Waals surface area contributed by atoms with Crippen molar-refractivity contribution >= 4 is 0 Å². The largest absolute Gasteiger partial charge is 0.268 e. The number of nitrogens with zero attached hydrogens (tertiary/aromatic N) is 3. The number of aromatic nitrogens is 3. The Kier molecular flexibility index (Phi) is 3.43. The Morgan fingerprint density at radius 2 is 1.76 bits per heavy atom. The predicted molar refractivity (Wildman–Crippen MR) is 70.9 cm³/mol. The molecule has 0 aliphatic rings.